The molecule has 1 fully saturated rings. The highest BCUT2D eigenvalue weighted by atomic mass is 35.5. The fourth-order valence-electron chi connectivity index (χ4n) is 2.53. The zero-order chi connectivity index (χ0) is 16.1. The minimum Gasteiger partial charge on any atom is -0.352 e. The second kappa shape index (κ2) is 7.81. The molecule has 2 atom stereocenters. The zero-order valence-electron chi connectivity index (χ0n) is 12.3. The summed E-state index contributed by atoms with van der Waals surface area (Å²) in [6, 6.07) is 4.58. The van der Waals surface area contributed by atoms with E-state index in [-0.39, 0.29) is 17.9 Å². The van der Waals surface area contributed by atoms with E-state index >= 15 is 0 Å². The molecule has 120 valence electrons. The maximum atomic E-state index is 12.4. The molecule has 5 nitrogen and oxygen atoms in total. The van der Waals surface area contributed by atoms with E-state index in [1.54, 1.807) is 25.2 Å². The standard InChI is InChI=1S/C15H19Cl2N3O2/c1-18-14(10-5-3-6-11(16)13(10)17)15(22)19-8-9-4-2-7-12(21)20-9/h3,5-6,9,14,18H,2,4,7-8H2,1H3,(H,19,22)(H,20,21)/t9-,14?/m1/s1. The second-order valence-electron chi connectivity index (χ2n) is 5.27. The van der Waals surface area contributed by atoms with Crippen LogP contribution in [0.3, 0.4) is 0 Å². The molecule has 0 saturated carbocycles. The van der Waals surface area contributed by atoms with E-state index in [0.717, 1.165) is 12.8 Å². The zero-order valence-corrected chi connectivity index (χ0v) is 13.8. The summed E-state index contributed by atoms with van der Waals surface area (Å²) in [5.74, 6) is -0.167. The van der Waals surface area contributed by atoms with Crippen LogP contribution in [0.1, 0.15) is 30.9 Å². The minimum atomic E-state index is -0.592. The molecule has 22 heavy (non-hydrogen) atoms. The molecule has 1 aromatic carbocycles. The normalized spacial score (nSPS) is 19.4. The van der Waals surface area contributed by atoms with Crippen molar-refractivity contribution in [2.45, 2.75) is 31.3 Å². The summed E-state index contributed by atoms with van der Waals surface area (Å²) in [5, 5.41) is 9.43. The smallest absolute Gasteiger partial charge is 0.241 e. The molecule has 1 aliphatic heterocycles. The number of hydrogen-bond donors (Lipinski definition) is 3. The highest BCUT2D eigenvalue weighted by Gasteiger charge is 2.24. The topological polar surface area (TPSA) is 70.2 Å². The van der Waals surface area contributed by atoms with Gasteiger partial charge in [0.15, 0.2) is 0 Å². The van der Waals surface area contributed by atoms with Crippen LogP contribution in [-0.4, -0.2) is 31.4 Å². The number of likely N-dealkylation sites (N-methyl/N-ethyl adjacent to an activating group) is 1. The number of halogens is 2. The number of nitrogens with one attached hydrogen (secondary N) is 3. The average molecular weight is 344 g/mol. The summed E-state index contributed by atoms with van der Waals surface area (Å²) in [4.78, 5) is 23.7. The van der Waals surface area contributed by atoms with Crippen molar-refractivity contribution in [3.05, 3.63) is 33.8 Å². The molecule has 0 aromatic heterocycles. The van der Waals surface area contributed by atoms with Crippen LogP contribution in [0.2, 0.25) is 10.0 Å². The Morgan fingerprint density at radius 3 is 2.91 bits per heavy atom. The van der Waals surface area contributed by atoms with E-state index in [2.05, 4.69) is 16.0 Å². The van der Waals surface area contributed by atoms with Gasteiger partial charge in [-0.25, -0.2) is 0 Å². The number of amides is 2. The lowest BCUT2D eigenvalue weighted by molar-refractivity contribution is -0.125. The van der Waals surface area contributed by atoms with Crippen molar-refractivity contribution < 1.29 is 9.59 Å². The third kappa shape index (κ3) is 4.12. The van der Waals surface area contributed by atoms with E-state index in [1.807, 2.05) is 0 Å². The molecular formula is C15H19Cl2N3O2. The van der Waals surface area contributed by atoms with Gasteiger partial charge in [-0.2, -0.15) is 0 Å². The first-order valence-corrected chi connectivity index (χ1v) is 7.96. The summed E-state index contributed by atoms with van der Waals surface area (Å²) in [6.45, 7) is 0.404. The van der Waals surface area contributed by atoms with Gasteiger partial charge in [-0.05, 0) is 31.5 Å². The first kappa shape index (κ1) is 17.1. The number of rotatable bonds is 5. The molecule has 0 bridgehead atoms. The Kier molecular flexibility index (Phi) is 6.06. The fourth-order valence-corrected chi connectivity index (χ4v) is 2.95. The Morgan fingerprint density at radius 2 is 2.23 bits per heavy atom. The maximum absolute atomic E-state index is 12.4. The third-order valence-electron chi connectivity index (χ3n) is 3.69. The Hall–Kier alpha value is -1.30. The van der Waals surface area contributed by atoms with Gasteiger partial charge in [0, 0.05) is 19.0 Å². The van der Waals surface area contributed by atoms with Crippen LogP contribution >= 0.6 is 23.2 Å². The Bertz CT molecular complexity index is 566. The van der Waals surface area contributed by atoms with Gasteiger partial charge in [0.2, 0.25) is 11.8 Å². The van der Waals surface area contributed by atoms with Crippen LogP contribution in [0.15, 0.2) is 18.2 Å². The molecule has 1 aliphatic rings. The van der Waals surface area contributed by atoms with E-state index in [0.29, 0.717) is 28.6 Å². The van der Waals surface area contributed by atoms with E-state index in [1.165, 1.54) is 0 Å². The van der Waals surface area contributed by atoms with Crippen molar-refractivity contribution in [3.8, 4) is 0 Å². The summed E-state index contributed by atoms with van der Waals surface area (Å²) >= 11 is 12.2. The highest BCUT2D eigenvalue weighted by molar-refractivity contribution is 6.42. The van der Waals surface area contributed by atoms with Crippen LogP contribution in [0.25, 0.3) is 0 Å². The van der Waals surface area contributed by atoms with Gasteiger partial charge in [-0.1, -0.05) is 35.3 Å². The number of carbonyl (C=O) groups excluding carboxylic acids is 2. The molecule has 0 spiro atoms. The quantitative estimate of drug-likeness (QED) is 0.766. The van der Waals surface area contributed by atoms with Crippen molar-refractivity contribution >= 4 is 35.0 Å². The van der Waals surface area contributed by atoms with Crippen LogP contribution in [0.5, 0.6) is 0 Å². The molecule has 7 heteroatoms. The molecule has 2 amide bonds. The molecular weight excluding hydrogens is 325 g/mol. The van der Waals surface area contributed by atoms with Crippen LogP contribution in [0.4, 0.5) is 0 Å². The van der Waals surface area contributed by atoms with Crippen molar-refractivity contribution in [3.63, 3.8) is 0 Å². The number of piperidine rings is 1. The number of hydrogen-bond acceptors (Lipinski definition) is 3. The summed E-state index contributed by atoms with van der Waals surface area (Å²) in [6.07, 6.45) is 2.28. The number of carbonyl (C=O) groups is 2. The molecule has 1 unspecified atom stereocenters. The SMILES string of the molecule is CNC(C(=O)NC[C@H]1CCCC(=O)N1)c1cccc(Cl)c1Cl. The van der Waals surface area contributed by atoms with Gasteiger partial charge in [0.25, 0.3) is 0 Å². The maximum Gasteiger partial charge on any atom is 0.241 e. The van der Waals surface area contributed by atoms with Crippen molar-refractivity contribution in [2.24, 2.45) is 0 Å². The molecule has 0 aliphatic carbocycles. The predicted molar refractivity (Wildman–Crippen MR) is 87.1 cm³/mol. The van der Waals surface area contributed by atoms with E-state index in [4.69, 9.17) is 23.2 Å². The third-order valence-corrected chi connectivity index (χ3v) is 4.52. The molecule has 3 N–H and O–H groups in total. The lowest BCUT2D eigenvalue weighted by Gasteiger charge is -2.25. The fraction of sp³-hybridized carbons (Fsp3) is 0.467. The van der Waals surface area contributed by atoms with Crippen molar-refractivity contribution in [2.75, 3.05) is 13.6 Å². The van der Waals surface area contributed by atoms with Gasteiger partial charge in [-0.15, -0.1) is 0 Å². The monoisotopic (exact) mass is 343 g/mol. The predicted octanol–water partition coefficient (Wildman–Crippen LogP) is 2.04. The lowest BCUT2D eigenvalue weighted by atomic mass is 10.0. The Labute approximate surface area is 139 Å². The van der Waals surface area contributed by atoms with Crippen LogP contribution < -0.4 is 16.0 Å². The minimum absolute atomic E-state index is 0.0162. The Balaban J connectivity index is 2.00. The Morgan fingerprint density at radius 1 is 1.45 bits per heavy atom. The van der Waals surface area contributed by atoms with Crippen molar-refractivity contribution in [1.82, 2.24) is 16.0 Å². The summed E-state index contributed by atoms with van der Waals surface area (Å²) in [7, 11) is 1.68. The van der Waals surface area contributed by atoms with E-state index < -0.39 is 6.04 Å². The molecule has 1 heterocycles. The first-order chi connectivity index (χ1) is 10.5. The molecule has 1 aromatic rings. The largest absolute Gasteiger partial charge is 0.352 e. The second-order valence-corrected chi connectivity index (χ2v) is 6.05. The van der Waals surface area contributed by atoms with Gasteiger partial charge in [0.05, 0.1) is 10.0 Å². The van der Waals surface area contributed by atoms with Gasteiger partial charge < -0.3 is 16.0 Å². The average Bonchev–Trinajstić information content (AvgIpc) is 2.50. The van der Waals surface area contributed by atoms with Crippen LogP contribution in [-0.2, 0) is 9.59 Å². The highest BCUT2D eigenvalue weighted by Crippen LogP contribution is 2.29. The van der Waals surface area contributed by atoms with Gasteiger partial charge in [-0.3, -0.25) is 9.59 Å². The summed E-state index contributed by atoms with van der Waals surface area (Å²) < 4.78 is 0. The van der Waals surface area contributed by atoms with E-state index in [9.17, 15) is 9.59 Å². The molecule has 2 rings (SSSR count). The number of benzene rings is 1. The summed E-state index contributed by atoms with van der Waals surface area (Å²) in [5.41, 5.74) is 0.627. The first-order valence-electron chi connectivity index (χ1n) is 7.21. The lowest BCUT2D eigenvalue weighted by Crippen LogP contribution is -2.48. The van der Waals surface area contributed by atoms with Gasteiger partial charge in [0.1, 0.15) is 6.04 Å². The van der Waals surface area contributed by atoms with Crippen molar-refractivity contribution in [1.29, 1.82) is 0 Å². The molecule has 0 radical (unpaired) electrons. The van der Waals surface area contributed by atoms with Gasteiger partial charge >= 0.3 is 0 Å². The van der Waals surface area contributed by atoms with Crippen LogP contribution in [0, 0.1) is 0 Å². The molecule has 1 saturated heterocycles.